The van der Waals surface area contributed by atoms with Gasteiger partial charge in [-0.25, -0.2) is 8.78 Å². The van der Waals surface area contributed by atoms with E-state index in [9.17, 15) is 8.78 Å². The molecule has 2 aromatic carbocycles. The lowest BCUT2D eigenvalue weighted by Gasteiger charge is -2.37. The topological polar surface area (TPSA) is 45.0 Å². The van der Waals surface area contributed by atoms with E-state index in [0.29, 0.717) is 17.0 Å². The predicted octanol–water partition coefficient (Wildman–Crippen LogP) is 4.69. The van der Waals surface area contributed by atoms with Gasteiger partial charge in [-0.3, -0.25) is 0 Å². The van der Waals surface area contributed by atoms with E-state index in [1.807, 2.05) is 36.4 Å². The summed E-state index contributed by atoms with van der Waals surface area (Å²) in [6.07, 6.45) is 4.97. The number of anilines is 1. The number of allylic oxidation sites excluding steroid dienone is 2. The lowest BCUT2D eigenvalue weighted by molar-refractivity contribution is 0.367. The molecule has 0 bridgehead atoms. The first-order valence-corrected chi connectivity index (χ1v) is 8.19. The largest absolute Gasteiger partial charge is 0.479 e. The number of nitrogens with one attached hydrogen (secondary N) is 1. The molecule has 2 aromatic rings. The van der Waals surface area contributed by atoms with E-state index in [4.69, 9.17) is 10.00 Å². The Hall–Kier alpha value is -2.87. The standard InChI is InChI=1S/C20H16F2N2O/c21-13-10-17-15-2-1-3-16(15)19(24-20(17)18(22)11-13)12-4-6-14(7-5-12)25-9-8-23/h1-2,4-7,10-11,15-16,19,24H,3,9H2/t15-,16-,19-/m0/s1. The highest BCUT2D eigenvalue weighted by Crippen LogP contribution is 2.50. The number of ether oxygens (including phenoxy) is 1. The quantitative estimate of drug-likeness (QED) is 0.826. The smallest absolute Gasteiger partial charge is 0.174 e. The summed E-state index contributed by atoms with van der Waals surface area (Å²) in [7, 11) is 0. The van der Waals surface area contributed by atoms with Crippen molar-refractivity contribution in [2.24, 2.45) is 5.92 Å². The molecule has 3 nitrogen and oxygen atoms in total. The molecule has 1 aliphatic heterocycles. The zero-order chi connectivity index (χ0) is 17.4. The Morgan fingerprint density at radius 1 is 1.20 bits per heavy atom. The predicted molar refractivity (Wildman–Crippen MR) is 90.3 cm³/mol. The fourth-order valence-corrected chi connectivity index (χ4v) is 3.84. The van der Waals surface area contributed by atoms with Crippen LogP contribution < -0.4 is 10.1 Å². The second kappa shape index (κ2) is 6.21. The summed E-state index contributed by atoms with van der Waals surface area (Å²) in [6, 6.07) is 11.7. The highest BCUT2D eigenvalue weighted by molar-refractivity contribution is 5.60. The minimum Gasteiger partial charge on any atom is -0.479 e. The van der Waals surface area contributed by atoms with Gasteiger partial charge in [0.15, 0.2) is 6.61 Å². The van der Waals surface area contributed by atoms with Gasteiger partial charge in [0.25, 0.3) is 0 Å². The number of nitrogens with zero attached hydrogens (tertiary/aromatic N) is 1. The van der Waals surface area contributed by atoms with Crippen LogP contribution in [0.4, 0.5) is 14.5 Å². The van der Waals surface area contributed by atoms with Crippen LogP contribution in [0.5, 0.6) is 5.75 Å². The minimum atomic E-state index is -0.562. The molecule has 1 N–H and O–H groups in total. The third-order valence-corrected chi connectivity index (χ3v) is 4.93. The number of benzene rings is 2. The van der Waals surface area contributed by atoms with Crippen molar-refractivity contribution in [2.45, 2.75) is 18.4 Å². The Kier molecular flexibility index (Phi) is 3.89. The molecular weight excluding hydrogens is 322 g/mol. The van der Waals surface area contributed by atoms with Crippen LogP contribution in [0.1, 0.15) is 29.5 Å². The molecule has 1 aliphatic carbocycles. The van der Waals surface area contributed by atoms with E-state index >= 15 is 0 Å². The Morgan fingerprint density at radius 2 is 2.00 bits per heavy atom. The van der Waals surface area contributed by atoms with E-state index in [0.717, 1.165) is 18.1 Å². The number of hydrogen-bond donors (Lipinski definition) is 1. The third kappa shape index (κ3) is 2.74. The molecular formula is C20H16F2N2O. The van der Waals surface area contributed by atoms with Crippen molar-refractivity contribution in [3.05, 3.63) is 71.3 Å². The summed E-state index contributed by atoms with van der Waals surface area (Å²) in [5, 5.41) is 11.8. The molecule has 0 saturated heterocycles. The van der Waals surface area contributed by atoms with Gasteiger partial charge in [-0.1, -0.05) is 24.3 Å². The Morgan fingerprint density at radius 3 is 2.76 bits per heavy atom. The highest BCUT2D eigenvalue weighted by atomic mass is 19.1. The second-order valence-electron chi connectivity index (χ2n) is 6.34. The first kappa shape index (κ1) is 15.6. The van der Waals surface area contributed by atoms with Gasteiger partial charge in [0.1, 0.15) is 23.5 Å². The van der Waals surface area contributed by atoms with Gasteiger partial charge in [-0.15, -0.1) is 0 Å². The van der Waals surface area contributed by atoms with Crippen LogP contribution in [-0.2, 0) is 0 Å². The number of hydrogen-bond acceptors (Lipinski definition) is 3. The molecule has 0 aromatic heterocycles. The molecule has 0 unspecified atom stereocenters. The monoisotopic (exact) mass is 338 g/mol. The van der Waals surface area contributed by atoms with Gasteiger partial charge in [-0.2, -0.15) is 5.26 Å². The third-order valence-electron chi connectivity index (χ3n) is 4.93. The van der Waals surface area contributed by atoms with Crippen molar-refractivity contribution in [3.8, 4) is 11.8 Å². The molecule has 0 radical (unpaired) electrons. The van der Waals surface area contributed by atoms with E-state index in [2.05, 4.69) is 11.4 Å². The van der Waals surface area contributed by atoms with Gasteiger partial charge < -0.3 is 10.1 Å². The van der Waals surface area contributed by atoms with Crippen molar-refractivity contribution in [1.29, 1.82) is 5.26 Å². The maximum Gasteiger partial charge on any atom is 0.174 e. The Labute approximate surface area is 144 Å². The van der Waals surface area contributed by atoms with Crippen LogP contribution in [0.3, 0.4) is 0 Å². The Balaban J connectivity index is 1.68. The lowest BCUT2D eigenvalue weighted by Crippen LogP contribution is -2.29. The van der Waals surface area contributed by atoms with Crippen molar-refractivity contribution in [1.82, 2.24) is 0 Å². The van der Waals surface area contributed by atoms with Crippen LogP contribution in [0, 0.1) is 28.9 Å². The molecule has 5 heteroatoms. The van der Waals surface area contributed by atoms with E-state index in [1.165, 1.54) is 6.07 Å². The number of halogens is 2. The van der Waals surface area contributed by atoms with E-state index in [1.54, 1.807) is 0 Å². The zero-order valence-corrected chi connectivity index (χ0v) is 13.4. The van der Waals surface area contributed by atoms with Gasteiger partial charge in [0.2, 0.25) is 0 Å². The van der Waals surface area contributed by atoms with Crippen molar-refractivity contribution in [3.63, 3.8) is 0 Å². The molecule has 2 aliphatic rings. The summed E-state index contributed by atoms with van der Waals surface area (Å²) >= 11 is 0. The van der Waals surface area contributed by atoms with Crippen LogP contribution in [0.25, 0.3) is 0 Å². The maximum atomic E-state index is 14.3. The molecule has 0 spiro atoms. The molecule has 1 heterocycles. The van der Waals surface area contributed by atoms with Gasteiger partial charge in [0, 0.05) is 12.0 Å². The van der Waals surface area contributed by atoms with Crippen molar-refractivity contribution >= 4 is 5.69 Å². The minimum absolute atomic E-state index is 0.000203. The highest BCUT2D eigenvalue weighted by Gasteiger charge is 2.39. The van der Waals surface area contributed by atoms with Crippen LogP contribution in [-0.4, -0.2) is 6.61 Å². The molecule has 126 valence electrons. The molecule has 0 amide bonds. The van der Waals surface area contributed by atoms with E-state index < -0.39 is 11.6 Å². The molecule has 0 saturated carbocycles. The molecule has 3 atom stereocenters. The van der Waals surface area contributed by atoms with Crippen molar-refractivity contribution < 1.29 is 13.5 Å². The number of nitriles is 1. The van der Waals surface area contributed by atoms with Crippen LogP contribution >= 0.6 is 0 Å². The number of fused-ring (bicyclic) bond motifs is 3. The molecule has 25 heavy (non-hydrogen) atoms. The average molecular weight is 338 g/mol. The van der Waals surface area contributed by atoms with Crippen molar-refractivity contribution in [2.75, 3.05) is 11.9 Å². The second-order valence-corrected chi connectivity index (χ2v) is 6.34. The summed E-state index contributed by atoms with van der Waals surface area (Å²) < 4.78 is 33.2. The fraction of sp³-hybridized carbons (Fsp3) is 0.250. The maximum absolute atomic E-state index is 14.3. The first-order valence-electron chi connectivity index (χ1n) is 8.19. The van der Waals surface area contributed by atoms with Crippen LogP contribution in [0.15, 0.2) is 48.6 Å². The van der Waals surface area contributed by atoms with Gasteiger partial charge >= 0.3 is 0 Å². The summed E-state index contributed by atoms with van der Waals surface area (Å²) in [6.45, 7) is -0.000203. The van der Waals surface area contributed by atoms with Gasteiger partial charge in [0.05, 0.1) is 11.7 Å². The first-order chi connectivity index (χ1) is 12.2. The van der Waals surface area contributed by atoms with Gasteiger partial charge in [-0.05, 0) is 41.7 Å². The Bertz CT molecular complexity index is 871. The number of rotatable bonds is 3. The molecule has 0 fully saturated rings. The lowest BCUT2D eigenvalue weighted by atomic mass is 9.77. The average Bonchev–Trinajstić information content (AvgIpc) is 3.10. The van der Waals surface area contributed by atoms with E-state index in [-0.39, 0.29) is 24.5 Å². The van der Waals surface area contributed by atoms with Crippen LogP contribution in [0.2, 0.25) is 0 Å². The SMILES string of the molecule is N#CCOc1ccc([C@@H]2Nc3c(F)cc(F)cc3[C@H]3C=CC[C@@H]32)cc1. The molecule has 4 rings (SSSR count). The summed E-state index contributed by atoms with van der Waals surface area (Å²) in [5.74, 6) is -0.279. The summed E-state index contributed by atoms with van der Waals surface area (Å²) in [4.78, 5) is 0. The zero-order valence-electron chi connectivity index (χ0n) is 13.4. The fourth-order valence-electron chi connectivity index (χ4n) is 3.84. The normalized spacial score (nSPS) is 23.3. The summed E-state index contributed by atoms with van der Waals surface area (Å²) in [5.41, 5.74) is 2.07.